The number of morpholine rings is 1. The van der Waals surface area contributed by atoms with E-state index in [4.69, 9.17) is 10.5 Å². The fraction of sp³-hybridized carbons (Fsp3) is 0.500. The zero-order valence-electron chi connectivity index (χ0n) is 19.8. The van der Waals surface area contributed by atoms with Crippen LogP contribution in [0.2, 0.25) is 0 Å². The van der Waals surface area contributed by atoms with E-state index in [1.807, 2.05) is 17.0 Å². The molecule has 3 N–H and O–H groups in total. The summed E-state index contributed by atoms with van der Waals surface area (Å²) in [4.78, 5) is 32.9. The van der Waals surface area contributed by atoms with E-state index in [1.54, 1.807) is 30.7 Å². The molecule has 0 spiro atoms. The van der Waals surface area contributed by atoms with Crippen molar-refractivity contribution >= 4 is 29.0 Å². The Morgan fingerprint density at radius 2 is 2.12 bits per heavy atom. The molecule has 5 heterocycles. The lowest BCUT2D eigenvalue weighted by molar-refractivity contribution is -0.0411. The van der Waals surface area contributed by atoms with Gasteiger partial charge in [0.15, 0.2) is 0 Å². The molecule has 10 heteroatoms. The van der Waals surface area contributed by atoms with Gasteiger partial charge in [-0.15, -0.1) is 11.3 Å². The monoisotopic (exact) mass is 481 g/mol. The Morgan fingerprint density at radius 3 is 2.79 bits per heavy atom. The van der Waals surface area contributed by atoms with Crippen LogP contribution in [0.1, 0.15) is 41.9 Å². The molecule has 34 heavy (non-hydrogen) atoms. The molecule has 2 saturated heterocycles. The molecule has 2 aromatic rings. The number of nitrogens with one attached hydrogen (secondary N) is 1. The smallest absolute Gasteiger partial charge is 0.255 e. The summed E-state index contributed by atoms with van der Waals surface area (Å²) in [5.41, 5.74) is 6.65. The van der Waals surface area contributed by atoms with Gasteiger partial charge in [-0.1, -0.05) is 0 Å². The third-order valence-electron chi connectivity index (χ3n) is 6.84. The summed E-state index contributed by atoms with van der Waals surface area (Å²) in [5, 5.41) is 3.06. The summed E-state index contributed by atoms with van der Waals surface area (Å²) in [5.74, 6) is 1.09. The maximum absolute atomic E-state index is 13.4. The fourth-order valence-corrected chi connectivity index (χ4v) is 6.32. The highest BCUT2D eigenvalue weighted by Crippen LogP contribution is 2.46. The molecular formula is C24H31N7O2S. The van der Waals surface area contributed by atoms with Gasteiger partial charge < -0.3 is 20.7 Å². The van der Waals surface area contributed by atoms with E-state index >= 15 is 0 Å². The van der Waals surface area contributed by atoms with Crippen LogP contribution in [0.5, 0.6) is 0 Å². The Morgan fingerprint density at radius 1 is 1.35 bits per heavy atom. The number of likely N-dealkylation sites (tertiary alicyclic amines) is 1. The molecule has 0 aliphatic carbocycles. The second-order valence-corrected chi connectivity index (χ2v) is 10.5. The summed E-state index contributed by atoms with van der Waals surface area (Å²) in [6.45, 7) is 7.82. The summed E-state index contributed by atoms with van der Waals surface area (Å²) in [6.07, 6.45) is 7.80. The first-order valence-electron chi connectivity index (χ1n) is 11.7. The van der Waals surface area contributed by atoms with Gasteiger partial charge in [-0.25, -0.2) is 9.97 Å². The first-order chi connectivity index (χ1) is 16.4. The van der Waals surface area contributed by atoms with Gasteiger partial charge in [0.25, 0.3) is 5.91 Å². The third kappa shape index (κ3) is 4.21. The molecule has 9 nitrogen and oxygen atoms in total. The number of nitrogens with zero attached hydrogens (tertiary/aromatic N) is 5. The first kappa shape index (κ1) is 22.9. The van der Waals surface area contributed by atoms with E-state index in [2.05, 4.69) is 39.0 Å². The molecular weight excluding hydrogens is 450 g/mol. The zero-order valence-corrected chi connectivity index (χ0v) is 20.6. The molecule has 0 saturated carbocycles. The van der Waals surface area contributed by atoms with Crippen LogP contribution in [0, 0.1) is 0 Å². The van der Waals surface area contributed by atoms with Crippen LogP contribution in [0.3, 0.4) is 0 Å². The average molecular weight is 482 g/mol. The number of nitrogens with two attached hydrogens (primary N) is 1. The molecule has 2 aromatic heterocycles. The van der Waals surface area contributed by atoms with Crippen molar-refractivity contribution in [3.8, 4) is 10.6 Å². The van der Waals surface area contributed by atoms with Crippen LogP contribution < -0.4 is 11.1 Å². The molecule has 2 unspecified atom stereocenters. The molecule has 1 amide bonds. The van der Waals surface area contributed by atoms with Crippen LogP contribution in [0.25, 0.3) is 10.6 Å². The predicted octanol–water partition coefficient (Wildman–Crippen LogP) is 2.67. The van der Waals surface area contributed by atoms with E-state index in [9.17, 15) is 4.79 Å². The minimum absolute atomic E-state index is 0.0969. The van der Waals surface area contributed by atoms with E-state index in [0.717, 1.165) is 60.0 Å². The molecule has 0 radical (unpaired) electrons. The average Bonchev–Trinajstić information content (AvgIpc) is 3.46. The van der Waals surface area contributed by atoms with Crippen LogP contribution in [0.15, 0.2) is 35.6 Å². The number of hydrogen-bond donors (Lipinski definition) is 2. The van der Waals surface area contributed by atoms with E-state index in [0.29, 0.717) is 24.0 Å². The Hall–Kier alpha value is -2.82. The van der Waals surface area contributed by atoms with Gasteiger partial charge in [0.1, 0.15) is 5.84 Å². The number of ether oxygens (including phenoxy) is 1. The fourth-order valence-electron chi connectivity index (χ4n) is 5.09. The molecule has 0 aromatic carbocycles. The van der Waals surface area contributed by atoms with Crippen molar-refractivity contribution in [2.24, 2.45) is 10.7 Å². The van der Waals surface area contributed by atoms with Gasteiger partial charge in [0, 0.05) is 44.3 Å². The lowest BCUT2D eigenvalue weighted by Gasteiger charge is -2.36. The molecule has 180 valence electrons. The van der Waals surface area contributed by atoms with Crippen molar-refractivity contribution in [3.63, 3.8) is 0 Å². The molecule has 2 bridgehead atoms. The Balaban J connectivity index is 1.31. The van der Waals surface area contributed by atoms with Crippen molar-refractivity contribution in [3.05, 3.63) is 41.0 Å². The van der Waals surface area contributed by atoms with Crippen molar-refractivity contribution in [2.75, 3.05) is 38.5 Å². The maximum atomic E-state index is 13.4. The van der Waals surface area contributed by atoms with Crippen LogP contribution in [0.4, 0.5) is 5.95 Å². The Labute approximate surface area is 203 Å². The highest BCUT2D eigenvalue weighted by Gasteiger charge is 2.45. The normalized spacial score (nSPS) is 24.3. The number of fused-ring (bicyclic) bond motifs is 3. The molecule has 5 rings (SSSR count). The van der Waals surface area contributed by atoms with Crippen molar-refractivity contribution in [1.82, 2.24) is 19.8 Å². The predicted molar refractivity (Wildman–Crippen MR) is 134 cm³/mol. The largest absolute Gasteiger partial charge is 0.404 e. The summed E-state index contributed by atoms with van der Waals surface area (Å²) in [7, 11) is 1.67. The first-order valence-corrected chi connectivity index (χ1v) is 12.5. The summed E-state index contributed by atoms with van der Waals surface area (Å²) < 4.78 is 5.95. The van der Waals surface area contributed by atoms with Crippen LogP contribution in [-0.2, 0) is 10.3 Å². The van der Waals surface area contributed by atoms with Gasteiger partial charge in [-0.2, -0.15) is 0 Å². The second-order valence-electron chi connectivity index (χ2n) is 9.44. The van der Waals surface area contributed by atoms with Gasteiger partial charge >= 0.3 is 0 Å². The number of anilines is 1. The number of carbonyl (C=O) groups is 1. The number of amides is 1. The summed E-state index contributed by atoms with van der Waals surface area (Å²) >= 11 is 1.63. The quantitative estimate of drug-likeness (QED) is 0.482. The molecule has 2 atom stereocenters. The number of thiophene rings is 1. The highest BCUT2D eigenvalue weighted by molar-refractivity contribution is 7.16. The van der Waals surface area contributed by atoms with Gasteiger partial charge in [-0.3, -0.25) is 14.7 Å². The zero-order chi connectivity index (χ0) is 23.9. The van der Waals surface area contributed by atoms with E-state index in [-0.39, 0.29) is 11.4 Å². The third-order valence-corrected chi connectivity index (χ3v) is 8.31. The van der Waals surface area contributed by atoms with Gasteiger partial charge in [-0.05, 0) is 51.1 Å². The lowest BCUT2D eigenvalue weighted by Crippen LogP contribution is -2.48. The Bertz CT molecular complexity index is 1130. The number of aliphatic imine (C=N–C) groups is 1. The number of aromatic nitrogens is 2. The number of carbonyl (C=O) groups excluding carboxylic acids is 1. The van der Waals surface area contributed by atoms with Crippen molar-refractivity contribution in [1.29, 1.82) is 0 Å². The Kier molecular flexibility index (Phi) is 6.13. The minimum atomic E-state index is -0.358. The maximum Gasteiger partial charge on any atom is 0.255 e. The van der Waals surface area contributed by atoms with Crippen LogP contribution in [-0.4, -0.2) is 76.9 Å². The minimum Gasteiger partial charge on any atom is -0.404 e. The van der Waals surface area contributed by atoms with Gasteiger partial charge in [0.2, 0.25) is 5.95 Å². The number of amidine groups is 1. The lowest BCUT2D eigenvalue weighted by atomic mass is 10.0. The number of hydrogen-bond acceptors (Lipinski definition) is 8. The van der Waals surface area contributed by atoms with E-state index in [1.165, 1.54) is 6.20 Å². The second kappa shape index (κ2) is 9.09. The van der Waals surface area contributed by atoms with Crippen molar-refractivity contribution in [2.45, 2.75) is 44.4 Å². The molecule has 3 aliphatic heterocycles. The SMILES string of the molecule is CN=C(C=CN)Nc1nccc(-c2cc3c(s2)C(C)(C)N(CCN2CC4CCC(C2)O4)C3=O)n1. The van der Waals surface area contributed by atoms with Crippen molar-refractivity contribution < 1.29 is 9.53 Å². The number of rotatable bonds is 6. The van der Waals surface area contributed by atoms with Crippen LogP contribution >= 0.6 is 11.3 Å². The summed E-state index contributed by atoms with van der Waals surface area (Å²) in [6, 6.07) is 3.83. The van der Waals surface area contributed by atoms with Gasteiger partial charge in [0.05, 0.1) is 33.9 Å². The van der Waals surface area contributed by atoms with E-state index < -0.39 is 0 Å². The topological polar surface area (TPSA) is 109 Å². The molecule has 3 aliphatic rings. The standard InChI is InChI=1S/C24H31N7O2S/c1-24(2)21-17(22(32)31(24)11-10-30-13-15-4-5-16(14-30)33-15)12-19(34-21)18-7-9-27-23(28-18)29-20(26-3)6-8-25/h6-9,12,15-16H,4-5,10-11,13-14,25H2,1-3H3,(H,26,27,28,29). The highest BCUT2D eigenvalue weighted by atomic mass is 32.1. The molecule has 2 fully saturated rings.